The minimum Gasteiger partial charge on any atom is -0.381 e. The van der Waals surface area contributed by atoms with Gasteiger partial charge in [0.2, 0.25) is 10.0 Å². The van der Waals surface area contributed by atoms with E-state index in [1.807, 2.05) is 6.92 Å². The van der Waals surface area contributed by atoms with Gasteiger partial charge in [-0.25, -0.2) is 13.1 Å². The molecule has 1 aliphatic heterocycles. The number of nitrogens with zero attached hydrogens (tertiary/aromatic N) is 2. The lowest BCUT2D eigenvalue weighted by Gasteiger charge is -2.28. The Labute approximate surface area is 113 Å². The number of sulfonamides is 1. The van der Waals surface area contributed by atoms with Gasteiger partial charge in [-0.2, -0.15) is 5.10 Å². The van der Waals surface area contributed by atoms with Crippen molar-refractivity contribution in [3.8, 4) is 0 Å². The Morgan fingerprint density at radius 1 is 1.53 bits per heavy atom. The summed E-state index contributed by atoms with van der Waals surface area (Å²) in [6.45, 7) is 3.25. The summed E-state index contributed by atoms with van der Waals surface area (Å²) in [7, 11) is -1.98. The molecule has 19 heavy (non-hydrogen) atoms. The van der Waals surface area contributed by atoms with E-state index >= 15 is 0 Å². The Kier molecular flexibility index (Phi) is 4.12. The molecule has 2 heterocycles. The van der Waals surface area contributed by atoms with Gasteiger partial charge in [-0.3, -0.25) is 4.68 Å². The van der Waals surface area contributed by atoms with Crippen molar-refractivity contribution in [3.63, 3.8) is 0 Å². The van der Waals surface area contributed by atoms with E-state index in [4.69, 9.17) is 10.5 Å². The van der Waals surface area contributed by atoms with Crippen molar-refractivity contribution in [2.45, 2.75) is 30.7 Å². The molecule has 1 unspecified atom stereocenters. The first-order valence-corrected chi connectivity index (χ1v) is 7.77. The maximum atomic E-state index is 12.2. The zero-order valence-electron chi connectivity index (χ0n) is 11.2. The van der Waals surface area contributed by atoms with Crippen molar-refractivity contribution >= 4 is 15.8 Å². The molecule has 1 aliphatic rings. The second-order valence-corrected chi connectivity index (χ2v) is 6.59. The van der Waals surface area contributed by atoms with Crippen LogP contribution in [0.4, 0.5) is 5.82 Å². The number of aromatic nitrogens is 2. The van der Waals surface area contributed by atoms with Crippen molar-refractivity contribution in [2.75, 3.05) is 18.9 Å². The molecule has 8 heteroatoms. The first kappa shape index (κ1) is 14.3. The van der Waals surface area contributed by atoms with E-state index in [1.165, 1.54) is 10.9 Å². The largest absolute Gasteiger partial charge is 0.381 e. The van der Waals surface area contributed by atoms with Gasteiger partial charge in [0, 0.05) is 32.5 Å². The fourth-order valence-corrected chi connectivity index (χ4v) is 3.73. The van der Waals surface area contributed by atoms with Crippen molar-refractivity contribution in [1.29, 1.82) is 0 Å². The van der Waals surface area contributed by atoms with Crippen LogP contribution < -0.4 is 10.5 Å². The molecule has 1 atom stereocenters. The number of nitrogens with one attached hydrogen (secondary N) is 1. The Bertz CT molecular complexity index is 534. The third-order valence-corrected chi connectivity index (χ3v) is 5.00. The second kappa shape index (κ2) is 5.48. The molecule has 0 radical (unpaired) electrons. The quantitative estimate of drug-likeness (QED) is 0.818. The molecule has 3 N–H and O–H groups in total. The van der Waals surface area contributed by atoms with E-state index in [0.717, 1.165) is 12.8 Å². The van der Waals surface area contributed by atoms with Crippen LogP contribution in [0.3, 0.4) is 0 Å². The smallest absolute Gasteiger partial charge is 0.246 e. The molecule has 0 aromatic carbocycles. The lowest BCUT2D eigenvalue weighted by atomic mass is 9.94. The van der Waals surface area contributed by atoms with Gasteiger partial charge in [0.1, 0.15) is 4.90 Å². The number of aryl methyl sites for hydroxylation is 1. The molecule has 0 aliphatic carbocycles. The summed E-state index contributed by atoms with van der Waals surface area (Å²) >= 11 is 0. The lowest BCUT2D eigenvalue weighted by Crippen LogP contribution is -2.40. The lowest BCUT2D eigenvalue weighted by molar-refractivity contribution is 0.0585. The summed E-state index contributed by atoms with van der Waals surface area (Å²) in [5.74, 6) is 0.315. The van der Waals surface area contributed by atoms with Crippen LogP contribution in [0, 0.1) is 5.92 Å². The molecule has 1 saturated heterocycles. The van der Waals surface area contributed by atoms with Crippen molar-refractivity contribution in [2.24, 2.45) is 13.0 Å². The summed E-state index contributed by atoms with van der Waals surface area (Å²) in [5.41, 5.74) is 5.61. The molecule has 1 fully saturated rings. The minimum absolute atomic E-state index is 0.0224. The Hall–Kier alpha value is -1.12. The van der Waals surface area contributed by atoms with Gasteiger partial charge >= 0.3 is 0 Å². The Balaban J connectivity index is 2.10. The fraction of sp³-hybridized carbons (Fsp3) is 0.727. The molecule has 7 nitrogen and oxygen atoms in total. The molecule has 2 rings (SSSR count). The van der Waals surface area contributed by atoms with Crippen molar-refractivity contribution in [1.82, 2.24) is 14.5 Å². The van der Waals surface area contributed by atoms with E-state index in [0.29, 0.717) is 19.1 Å². The standard InChI is InChI=1S/C11H20N4O3S/c1-8(9-3-5-18-6-4-9)14-19(16,17)10-7-15(2)13-11(10)12/h7-9,14H,3-6H2,1-2H3,(H2,12,13). The molecule has 1 aromatic heterocycles. The monoisotopic (exact) mass is 288 g/mol. The van der Waals surface area contributed by atoms with Crippen LogP contribution in [0.2, 0.25) is 0 Å². The first-order chi connectivity index (χ1) is 8.90. The van der Waals surface area contributed by atoms with Crippen LogP contribution in [0.15, 0.2) is 11.1 Å². The average Bonchev–Trinajstić information content (AvgIpc) is 2.70. The highest BCUT2D eigenvalue weighted by molar-refractivity contribution is 7.89. The number of nitrogens with two attached hydrogens (primary N) is 1. The molecular weight excluding hydrogens is 268 g/mol. The van der Waals surface area contributed by atoms with Gasteiger partial charge < -0.3 is 10.5 Å². The molecule has 0 saturated carbocycles. The maximum Gasteiger partial charge on any atom is 0.246 e. The van der Waals surface area contributed by atoms with Crippen molar-refractivity contribution < 1.29 is 13.2 Å². The molecule has 0 spiro atoms. The van der Waals surface area contributed by atoms with Crippen LogP contribution in [0.1, 0.15) is 19.8 Å². The molecule has 0 amide bonds. The fourth-order valence-electron chi connectivity index (χ4n) is 2.31. The number of ether oxygens (including phenoxy) is 1. The highest BCUT2D eigenvalue weighted by atomic mass is 32.2. The van der Waals surface area contributed by atoms with Gasteiger partial charge in [-0.1, -0.05) is 0 Å². The van der Waals surface area contributed by atoms with Crippen LogP contribution in [-0.2, 0) is 21.8 Å². The molecule has 1 aromatic rings. The van der Waals surface area contributed by atoms with Gasteiger partial charge in [-0.15, -0.1) is 0 Å². The molecule has 108 valence electrons. The van der Waals surface area contributed by atoms with Crippen LogP contribution in [-0.4, -0.2) is 37.5 Å². The summed E-state index contributed by atoms with van der Waals surface area (Å²) < 4.78 is 33.8. The summed E-state index contributed by atoms with van der Waals surface area (Å²) in [6.07, 6.45) is 3.15. The SMILES string of the molecule is CC(NS(=O)(=O)c1cn(C)nc1N)C1CCOCC1. The highest BCUT2D eigenvalue weighted by Gasteiger charge is 2.27. The number of nitrogen functional groups attached to an aromatic ring is 1. The third-order valence-electron chi connectivity index (χ3n) is 3.43. The maximum absolute atomic E-state index is 12.2. The zero-order valence-corrected chi connectivity index (χ0v) is 12.0. The van der Waals surface area contributed by atoms with Gasteiger partial charge in [0.15, 0.2) is 5.82 Å². The third kappa shape index (κ3) is 3.26. The highest BCUT2D eigenvalue weighted by Crippen LogP contribution is 2.21. The van der Waals surface area contributed by atoms with E-state index in [9.17, 15) is 8.42 Å². The average molecular weight is 288 g/mol. The van der Waals surface area contributed by atoms with Gasteiger partial charge in [0.25, 0.3) is 0 Å². The zero-order chi connectivity index (χ0) is 14.0. The van der Waals surface area contributed by atoms with Crippen LogP contribution in [0.5, 0.6) is 0 Å². The number of hydrogen-bond donors (Lipinski definition) is 2. The number of hydrogen-bond acceptors (Lipinski definition) is 5. The van der Waals surface area contributed by atoms with E-state index in [1.54, 1.807) is 7.05 Å². The summed E-state index contributed by atoms with van der Waals surface area (Å²) in [5, 5.41) is 3.85. The Morgan fingerprint density at radius 3 is 2.68 bits per heavy atom. The predicted molar refractivity (Wildman–Crippen MR) is 70.9 cm³/mol. The molecular formula is C11H20N4O3S. The van der Waals surface area contributed by atoms with Crippen LogP contribution >= 0.6 is 0 Å². The second-order valence-electron chi connectivity index (χ2n) is 4.91. The van der Waals surface area contributed by atoms with Crippen LogP contribution in [0.25, 0.3) is 0 Å². The topological polar surface area (TPSA) is 99.2 Å². The molecule has 0 bridgehead atoms. The predicted octanol–water partition coefficient (Wildman–Crippen LogP) is 0.0957. The number of anilines is 1. The Morgan fingerprint density at radius 2 is 2.16 bits per heavy atom. The minimum atomic E-state index is -3.62. The van der Waals surface area contributed by atoms with Gasteiger partial charge in [0.05, 0.1) is 0 Å². The number of rotatable bonds is 4. The van der Waals surface area contributed by atoms with Crippen molar-refractivity contribution in [3.05, 3.63) is 6.20 Å². The van der Waals surface area contributed by atoms with E-state index in [-0.39, 0.29) is 16.8 Å². The van der Waals surface area contributed by atoms with Gasteiger partial charge in [-0.05, 0) is 25.7 Å². The first-order valence-electron chi connectivity index (χ1n) is 6.29. The van der Waals surface area contributed by atoms with E-state index < -0.39 is 10.0 Å². The van der Waals surface area contributed by atoms with E-state index in [2.05, 4.69) is 9.82 Å². The summed E-state index contributed by atoms with van der Waals surface area (Å²) in [4.78, 5) is 0.0360. The normalized spacial score (nSPS) is 19.5. The summed E-state index contributed by atoms with van der Waals surface area (Å²) in [6, 6.07) is -0.145.